The van der Waals surface area contributed by atoms with E-state index in [2.05, 4.69) is 5.10 Å². The normalized spacial score (nSPS) is 12.7. The highest BCUT2D eigenvalue weighted by molar-refractivity contribution is 6.30. The molecule has 1 aromatic heterocycles. The summed E-state index contributed by atoms with van der Waals surface area (Å²) in [6, 6.07) is 7.96. The van der Waals surface area contributed by atoms with Gasteiger partial charge in [-0.1, -0.05) is 23.7 Å². The van der Waals surface area contributed by atoms with E-state index in [9.17, 15) is 0 Å². The Morgan fingerprint density at radius 3 is 2.87 bits per heavy atom. The molecular weight excluding hydrogens is 210 g/mol. The molecule has 0 aliphatic rings. The maximum Gasteiger partial charge on any atom is 0.0790 e. The Hall–Kier alpha value is -1.32. The first-order valence-corrected chi connectivity index (χ1v) is 5.11. The molecule has 4 heteroatoms. The average molecular weight is 222 g/mol. The molecule has 0 fully saturated rings. The van der Waals surface area contributed by atoms with E-state index in [1.54, 1.807) is 17.1 Å². The Kier molecular flexibility index (Phi) is 2.75. The molecule has 0 bridgehead atoms. The quantitative estimate of drug-likeness (QED) is 0.847. The van der Waals surface area contributed by atoms with Gasteiger partial charge in [-0.05, 0) is 24.6 Å². The largest absolute Gasteiger partial charge is 0.324 e. The van der Waals surface area contributed by atoms with Gasteiger partial charge in [-0.3, -0.25) is 0 Å². The van der Waals surface area contributed by atoms with Gasteiger partial charge in [0.15, 0.2) is 0 Å². The predicted molar refractivity (Wildman–Crippen MR) is 61.2 cm³/mol. The van der Waals surface area contributed by atoms with E-state index in [1.807, 2.05) is 31.2 Å². The van der Waals surface area contributed by atoms with Crippen LogP contribution in [0.3, 0.4) is 0 Å². The van der Waals surface area contributed by atoms with Gasteiger partial charge in [0, 0.05) is 12.2 Å². The van der Waals surface area contributed by atoms with Crippen LogP contribution < -0.4 is 5.73 Å². The molecular formula is C11H12ClN3. The predicted octanol–water partition coefficient (Wildman–Crippen LogP) is 2.55. The van der Waals surface area contributed by atoms with Crippen molar-refractivity contribution in [1.29, 1.82) is 0 Å². The van der Waals surface area contributed by atoms with Gasteiger partial charge in [0.25, 0.3) is 0 Å². The summed E-state index contributed by atoms with van der Waals surface area (Å²) >= 11 is 5.80. The third-order valence-corrected chi connectivity index (χ3v) is 2.41. The summed E-state index contributed by atoms with van der Waals surface area (Å²) < 4.78 is 1.73. The molecule has 2 N–H and O–H groups in total. The highest BCUT2D eigenvalue weighted by Crippen LogP contribution is 2.16. The van der Waals surface area contributed by atoms with Crippen molar-refractivity contribution in [2.24, 2.45) is 5.73 Å². The molecule has 1 atom stereocenters. The molecule has 0 amide bonds. The third-order valence-electron chi connectivity index (χ3n) is 2.21. The van der Waals surface area contributed by atoms with E-state index in [-0.39, 0.29) is 6.04 Å². The van der Waals surface area contributed by atoms with Crippen LogP contribution in [0.25, 0.3) is 5.69 Å². The third kappa shape index (κ3) is 2.19. The molecule has 3 nitrogen and oxygen atoms in total. The summed E-state index contributed by atoms with van der Waals surface area (Å²) in [4.78, 5) is 0. The lowest BCUT2D eigenvalue weighted by Gasteiger charge is -2.07. The number of hydrogen-bond donors (Lipinski definition) is 1. The number of nitrogens with two attached hydrogens (primary N) is 1. The zero-order valence-corrected chi connectivity index (χ0v) is 9.15. The van der Waals surface area contributed by atoms with Gasteiger partial charge in [0.2, 0.25) is 0 Å². The summed E-state index contributed by atoms with van der Waals surface area (Å²) in [5.74, 6) is 0. The molecule has 15 heavy (non-hydrogen) atoms. The van der Waals surface area contributed by atoms with E-state index < -0.39 is 0 Å². The molecule has 0 aliphatic carbocycles. The van der Waals surface area contributed by atoms with Gasteiger partial charge < -0.3 is 5.73 Å². The second-order valence-corrected chi connectivity index (χ2v) is 3.92. The standard InChI is InChI=1S/C11H12ClN3/c1-8(13)9-3-2-4-11(5-9)15-7-10(12)6-14-15/h2-8H,13H2,1H3. The highest BCUT2D eigenvalue weighted by Gasteiger charge is 2.02. The number of halogens is 1. The second-order valence-electron chi connectivity index (χ2n) is 3.49. The Balaban J connectivity index is 2.41. The number of rotatable bonds is 2. The van der Waals surface area contributed by atoms with Gasteiger partial charge in [-0.25, -0.2) is 4.68 Å². The SMILES string of the molecule is CC(N)c1cccc(-n2cc(Cl)cn2)c1. The van der Waals surface area contributed by atoms with Gasteiger partial charge in [-0.2, -0.15) is 5.10 Å². The smallest absolute Gasteiger partial charge is 0.0790 e. The summed E-state index contributed by atoms with van der Waals surface area (Å²) in [7, 11) is 0. The summed E-state index contributed by atoms with van der Waals surface area (Å²) in [6.45, 7) is 1.95. The lowest BCUT2D eigenvalue weighted by atomic mass is 10.1. The average Bonchev–Trinajstić information content (AvgIpc) is 2.65. The molecule has 0 spiro atoms. The Morgan fingerprint density at radius 1 is 1.47 bits per heavy atom. The molecule has 1 unspecified atom stereocenters. The number of benzene rings is 1. The van der Waals surface area contributed by atoms with Crippen LogP contribution in [0, 0.1) is 0 Å². The zero-order valence-electron chi connectivity index (χ0n) is 8.39. The van der Waals surface area contributed by atoms with E-state index in [0.29, 0.717) is 5.02 Å². The van der Waals surface area contributed by atoms with Gasteiger partial charge in [0.05, 0.1) is 16.9 Å². The van der Waals surface area contributed by atoms with E-state index in [0.717, 1.165) is 11.3 Å². The number of hydrogen-bond acceptors (Lipinski definition) is 2. The number of aromatic nitrogens is 2. The molecule has 78 valence electrons. The zero-order chi connectivity index (χ0) is 10.8. The summed E-state index contributed by atoms with van der Waals surface area (Å²) in [5.41, 5.74) is 7.86. The van der Waals surface area contributed by atoms with Crippen LogP contribution in [0.2, 0.25) is 5.02 Å². The van der Waals surface area contributed by atoms with Crippen molar-refractivity contribution in [2.45, 2.75) is 13.0 Å². The molecule has 1 aromatic carbocycles. The fraction of sp³-hybridized carbons (Fsp3) is 0.182. The first-order valence-electron chi connectivity index (χ1n) is 4.73. The monoisotopic (exact) mass is 221 g/mol. The number of nitrogens with zero attached hydrogens (tertiary/aromatic N) is 2. The molecule has 0 radical (unpaired) electrons. The van der Waals surface area contributed by atoms with Crippen molar-refractivity contribution in [3.63, 3.8) is 0 Å². The van der Waals surface area contributed by atoms with Crippen molar-refractivity contribution >= 4 is 11.6 Å². The van der Waals surface area contributed by atoms with Crippen LogP contribution in [0.1, 0.15) is 18.5 Å². The molecule has 0 saturated heterocycles. The lowest BCUT2D eigenvalue weighted by molar-refractivity contribution is 0.809. The Labute approximate surface area is 93.5 Å². The Bertz CT molecular complexity index is 462. The van der Waals surface area contributed by atoms with Crippen molar-refractivity contribution in [3.8, 4) is 5.69 Å². The fourth-order valence-corrected chi connectivity index (χ4v) is 1.53. The van der Waals surface area contributed by atoms with E-state index in [4.69, 9.17) is 17.3 Å². The van der Waals surface area contributed by atoms with Crippen LogP contribution in [0.5, 0.6) is 0 Å². The maximum atomic E-state index is 5.81. The maximum absolute atomic E-state index is 5.81. The molecule has 1 heterocycles. The van der Waals surface area contributed by atoms with Crippen molar-refractivity contribution in [3.05, 3.63) is 47.2 Å². The van der Waals surface area contributed by atoms with E-state index in [1.165, 1.54) is 0 Å². The van der Waals surface area contributed by atoms with Crippen LogP contribution in [-0.2, 0) is 0 Å². The first kappa shape index (κ1) is 10.2. The molecule has 0 aliphatic heterocycles. The molecule has 2 aromatic rings. The van der Waals surface area contributed by atoms with Gasteiger partial charge in [-0.15, -0.1) is 0 Å². The minimum absolute atomic E-state index is 0.0241. The van der Waals surface area contributed by atoms with Crippen LogP contribution in [0.4, 0.5) is 0 Å². The topological polar surface area (TPSA) is 43.8 Å². The van der Waals surface area contributed by atoms with Crippen LogP contribution in [-0.4, -0.2) is 9.78 Å². The van der Waals surface area contributed by atoms with Crippen molar-refractivity contribution < 1.29 is 0 Å². The van der Waals surface area contributed by atoms with Crippen molar-refractivity contribution in [1.82, 2.24) is 9.78 Å². The van der Waals surface area contributed by atoms with Crippen LogP contribution in [0.15, 0.2) is 36.7 Å². The summed E-state index contributed by atoms with van der Waals surface area (Å²) in [5, 5.41) is 4.76. The van der Waals surface area contributed by atoms with Crippen LogP contribution >= 0.6 is 11.6 Å². The lowest BCUT2D eigenvalue weighted by Crippen LogP contribution is -2.05. The minimum atomic E-state index is 0.0241. The molecule has 2 rings (SSSR count). The van der Waals surface area contributed by atoms with Crippen molar-refractivity contribution in [2.75, 3.05) is 0 Å². The van der Waals surface area contributed by atoms with Gasteiger partial charge in [0.1, 0.15) is 0 Å². The first-order chi connectivity index (χ1) is 7.16. The molecule has 0 saturated carbocycles. The highest BCUT2D eigenvalue weighted by atomic mass is 35.5. The van der Waals surface area contributed by atoms with Gasteiger partial charge >= 0.3 is 0 Å². The van der Waals surface area contributed by atoms with E-state index >= 15 is 0 Å². The second kappa shape index (κ2) is 4.04. The Morgan fingerprint density at radius 2 is 2.27 bits per heavy atom. The minimum Gasteiger partial charge on any atom is -0.324 e. The fourth-order valence-electron chi connectivity index (χ4n) is 1.39. The summed E-state index contributed by atoms with van der Waals surface area (Å²) in [6.07, 6.45) is 3.38.